The van der Waals surface area contributed by atoms with Crippen molar-refractivity contribution in [1.29, 1.82) is 5.26 Å². The number of nitrogens with zero attached hydrogens (tertiary/aromatic N) is 1. The minimum absolute atomic E-state index is 0.495. The molecule has 1 fully saturated rings. The third-order valence-electron chi connectivity index (χ3n) is 4.98. The molecule has 1 unspecified atom stereocenters. The van der Waals surface area contributed by atoms with Gasteiger partial charge in [0.2, 0.25) is 0 Å². The third-order valence-corrected chi connectivity index (χ3v) is 4.98. The maximum Gasteiger partial charge on any atom is 0.0832 e. The van der Waals surface area contributed by atoms with Crippen molar-refractivity contribution < 1.29 is 5.11 Å². The smallest absolute Gasteiger partial charge is 0.0832 e. The first kappa shape index (κ1) is 15.1. The predicted molar refractivity (Wildman–Crippen MR) is 81.1 cm³/mol. The van der Waals surface area contributed by atoms with Crippen molar-refractivity contribution in [3.05, 3.63) is 35.9 Å². The van der Waals surface area contributed by atoms with Crippen LogP contribution in [-0.2, 0) is 6.42 Å². The Kier molecular flexibility index (Phi) is 5.20. The van der Waals surface area contributed by atoms with E-state index in [0.29, 0.717) is 6.42 Å². The van der Waals surface area contributed by atoms with Crippen LogP contribution in [0.1, 0.15) is 51.0 Å². The molecule has 1 atom stereocenters. The Hall–Kier alpha value is -1.33. The van der Waals surface area contributed by atoms with E-state index in [1.165, 1.54) is 12.0 Å². The van der Waals surface area contributed by atoms with E-state index in [1.54, 1.807) is 0 Å². The minimum atomic E-state index is -0.500. The number of aliphatic hydroxyl groups is 1. The van der Waals surface area contributed by atoms with E-state index in [0.717, 1.165) is 38.0 Å². The third kappa shape index (κ3) is 3.41. The van der Waals surface area contributed by atoms with Crippen LogP contribution in [0.2, 0.25) is 0 Å². The van der Waals surface area contributed by atoms with E-state index in [1.807, 2.05) is 18.2 Å². The summed E-state index contributed by atoms with van der Waals surface area (Å²) in [6.07, 6.45) is 6.14. The van der Waals surface area contributed by atoms with Crippen LogP contribution in [0.4, 0.5) is 0 Å². The van der Waals surface area contributed by atoms with Gasteiger partial charge in [0.1, 0.15) is 0 Å². The maximum absolute atomic E-state index is 10.5. The first-order valence-electron chi connectivity index (χ1n) is 7.83. The Morgan fingerprint density at radius 3 is 2.50 bits per heavy atom. The largest absolute Gasteiger partial charge is 0.391 e. The predicted octanol–water partition coefficient (Wildman–Crippen LogP) is 4.09. The Labute approximate surface area is 122 Å². The highest BCUT2D eigenvalue weighted by molar-refractivity contribution is 5.15. The molecule has 0 aliphatic heterocycles. The minimum Gasteiger partial charge on any atom is -0.391 e. The Morgan fingerprint density at radius 2 is 1.95 bits per heavy atom. The van der Waals surface area contributed by atoms with Crippen molar-refractivity contribution in [2.45, 2.75) is 58.0 Å². The van der Waals surface area contributed by atoms with Crippen LogP contribution in [0.15, 0.2) is 30.3 Å². The molecule has 0 amide bonds. The van der Waals surface area contributed by atoms with Crippen LogP contribution in [0.3, 0.4) is 0 Å². The van der Waals surface area contributed by atoms with Gasteiger partial charge in [0.25, 0.3) is 0 Å². The van der Waals surface area contributed by atoms with Crippen LogP contribution in [-0.4, -0.2) is 11.2 Å². The van der Waals surface area contributed by atoms with Crippen LogP contribution in [0, 0.1) is 22.7 Å². The molecule has 1 saturated carbocycles. The normalized spacial score (nSPS) is 27.8. The van der Waals surface area contributed by atoms with Gasteiger partial charge in [-0.2, -0.15) is 5.26 Å². The van der Waals surface area contributed by atoms with Crippen molar-refractivity contribution in [2.75, 3.05) is 0 Å². The summed E-state index contributed by atoms with van der Waals surface area (Å²) in [5.74, 6) is 0.748. The van der Waals surface area contributed by atoms with Gasteiger partial charge in [-0.1, -0.05) is 43.7 Å². The first-order valence-corrected chi connectivity index (χ1v) is 7.83. The fraction of sp³-hybridized carbons (Fsp3) is 0.611. The molecule has 1 N–H and O–H groups in total. The van der Waals surface area contributed by atoms with Crippen molar-refractivity contribution in [2.24, 2.45) is 11.3 Å². The number of rotatable bonds is 5. The van der Waals surface area contributed by atoms with Gasteiger partial charge in [0, 0.05) is 0 Å². The molecule has 0 heterocycles. The van der Waals surface area contributed by atoms with Gasteiger partial charge in [0.05, 0.1) is 17.6 Å². The number of hydrogen-bond acceptors (Lipinski definition) is 2. The lowest BCUT2D eigenvalue weighted by atomic mass is 9.67. The van der Waals surface area contributed by atoms with Gasteiger partial charge < -0.3 is 5.11 Å². The summed E-state index contributed by atoms with van der Waals surface area (Å²) in [5, 5.41) is 20.1. The van der Waals surface area contributed by atoms with Crippen molar-refractivity contribution >= 4 is 0 Å². The molecule has 0 saturated heterocycles. The van der Waals surface area contributed by atoms with Gasteiger partial charge >= 0.3 is 0 Å². The fourth-order valence-electron chi connectivity index (χ4n) is 3.34. The van der Waals surface area contributed by atoms with E-state index >= 15 is 0 Å². The topological polar surface area (TPSA) is 44.0 Å². The molecule has 2 rings (SSSR count). The number of nitriles is 1. The SMILES string of the molecule is CCC1CCC(C#N)(C(O)CCc2ccccc2)CC1. The summed E-state index contributed by atoms with van der Waals surface area (Å²) in [6, 6.07) is 12.7. The summed E-state index contributed by atoms with van der Waals surface area (Å²) >= 11 is 0. The van der Waals surface area contributed by atoms with Crippen molar-refractivity contribution in [3.63, 3.8) is 0 Å². The van der Waals surface area contributed by atoms with Gasteiger partial charge in [-0.15, -0.1) is 0 Å². The summed E-state index contributed by atoms with van der Waals surface area (Å²) in [4.78, 5) is 0. The quantitative estimate of drug-likeness (QED) is 0.876. The van der Waals surface area contributed by atoms with Crippen LogP contribution in [0.5, 0.6) is 0 Å². The Bertz CT molecular complexity index is 440. The molecule has 0 aromatic heterocycles. The zero-order valence-electron chi connectivity index (χ0n) is 12.4. The fourth-order valence-corrected chi connectivity index (χ4v) is 3.34. The highest BCUT2D eigenvalue weighted by atomic mass is 16.3. The van der Waals surface area contributed by atoms with E-state index in [9.17, 15) is 10.4 Å². The van der Waals surface area contributed by atoms with Gasteiger partial charge in [0.15, 0.2) is 0 Å². The Balaban J connectivity index is 1.93. The monoisotopic (exact) mass is 271 g/mol. The van der Waals surface area contributed by atoms with E-state index in [4.69, 9.17) is 0 Å². The molecular weight excluding hydrogens is 246 g/mol. The number of benzene rings is 1. The zero-order valence-corrected chi connectivity index (χ0v) is 12.4. The molecule has 0 bridgehead atoms. The lowest BCUT2D eigenvalue weighted by Crippen LogP contribution is -2.38. The van der Waals surface area contributed by atoms with E-state index in [2.05, 4.69) is 25.1 Å². The van der Waals surface area contributed by atoms with Gasteiger partial charge in [-0.25, -0.2) is 0 Å². The first-order chi connectivity index (χ1) is 9.70. The van der Waals surface area contributed by atoms with E-state index < -0.39 is 11.5 Å². The standard InChI is InChI=1S/C18H25NO/c1-2-15-10-12-18(14-19,13-11-15)17(20)9-8-16-6-4-3-5-7-16/h3-7,15,17,20H,2,8-13H2,1H3. The van der Waals surface area contributed by atoms with Crippen LogP contribution < -0.4 is 0 Å². The van der Waals surface area contributed by atoms with E-state index in [-0.39, 0.29) is 0 Å². The second-order valence-electron chi connectivity index (χ2n) is 6.16. The molecule has 1 aromatic rings. The molecule has 1 aliphatic carbocycles. The Morgan fingerprint density at radius 1 is 1.30 bits per heavy atom. The van der Waals surface area contributed by atoms with Crippen molar-refractivity contribution in [1.82, 2.24) is 0 Å². The highest BCUT2D eigenvalue weighted by Gasteiger charge is 2.40. The summed E-state index contributed by atoms with van der Waals surface area (Å²) < 4.78 is 0. The lowest BCUT2D eigenvalue weighted by molar-refractivity contribution is 0.0201. The van der Waals surface area contributed by atoms with Crippen molar-refractivity contribution in [3.8, 4) is 6.07 Å². The molecule has 1 aromatic carbocycles. The average molecular weight is 271 g/mol. The molecule has 0 radical (unpaired) electrons. The molecule has 0 spiro atoms. The number of aliphatic hydroxyl groups excluding tert-OH is 1. The molecule has 2 heteroatoms. The van der Waals surface area contributed by atoms with Crippen LogP contribution in [0.25, 0.3) is 0 Å². The zero-order chi connectivity index (χ0) is 14.4. The highest BCUT2D eigenvalue weighted by Crippen LogP contribution is 2.43. The summed E-state index contributed by atoms with van der Waals surface area (Å²) in [6.45, 7) is 2.22. The van der Waals surface area contributed by atoms with Gasteiger partial charge in [-0.05, 0) is 50.0 Å². The maximum atomic E-state index is 10.5. The molecule has 1 aliphatic rings. The molecule has 108 valence electrons. The van der Waals surface area contributed by atoms with Crippen LogP contribution >= 0.6 is 0 Å². The average Bonchev–Trinajstić information content (AvgIpc) is 2.53. The summed E-state index contributed by atoms with van der Waals surface area (Å²) in [5.41, 5.74) is 0.738. The number of aryl methyl sites for hydroxylation is 1. The molecular formula is C18H25NO. The van der Waals surface area contributed by atoms with Gasteiger partial charge in [-0.3, -0.25) is 0 Å². The second kappa shape index (κ2) is 6.90. The molecule has 20 heavy (non-hydrogen) atoms. The summed E-state index contributed by atoms with van der Waals surface area (Å²) in [7, 11) is 0. The second-order valence-corrected chi connectivity index (χ2v) is 6.16. The molecule has 2 nitrogen and oxygen atoms in total. The number of hydrogen-bond donors (Lipinski definition) is 1. The lowest BCUT2D eigenvalue weighted by Gasteiger charge is -2.38.